The van der Waals surface area contributed by atoms with E-state index in [2.05, 4.69) is 9.97 Å². The fraction of sp³-hybridized carbons (Fsp3) is 0.389. The number of benzene rings is 1. The molecule has 9 nitrogen and oxygen atoms in total. The first-order chi connectivity index (χ1) is 13.7. The zero-order chi connectivity index (χ0) is 20.9. The van der Waals surface area contributed by atoms with Gasteiger partial charge in [-0.05, 0) is 37.1 Å². The van der Waals surface area contributed by atoms with E-state index in [0.717, 1.165) is 16.7 Å². The summed E-state index contributed by atoms with van der Waals surface area (Å²) in [6.07, 6.45) is 1.29. The van der Waals surface area contributed by atoms with Crippen molar-refractivity contribution in [1.29, 1.82) is 0 Å². The van der Waals surface area contributed by atoms with Crippen molar-refractivity contribution >= 4 is 21.2 Å². The predicted octanol–water partition coefficient (Wildman–Crippen LogP) is 0.668. The molecule has 0 bridgehead atoms. The number of nitrogens with zero attached hydrogens (tertiary/aromatic N) is 4. The average molecular weight is 421 g/mol. The van der Waals surface area contributed by atoms with Crippen LogP contribution in [0.15, 0.2) is 38.8 Å². The van der Waals surface area contributed by atoms with Gasteiger partial charge in [-0.25, -0.2) is 22.6 Å². The van der Waals surface area contributed by atoms with Crippen molar-refractivity contribution in [3.63, 3.8) is 0 Å². The Hall–Kier alpha value is -2.79. The first kappa shape index (κ1) is 19.5. The molecule has 1 aliphatic heterocycles. The molecule has 2 aromatic heterocycles. The van der Waals surface area contributed by atoms with Gasteiger partial charge in [-0.15, -0.1) is 0 Å². The smallest absolute Gasteiger partial charge is 0.332 e. The van der Waals surface area contributed by atoms with Gasteiger partial charge >= 0.3 is 5.69 Å². The maximum atomic E-state index is 13.2. The van der Waals surface area contributed by atoms with Crippen molar-refractivity contribution in [2.75, 3.05) is 13.1 Å². The topological polar surface area (TPSA) is 110 Å². The van der Waals surface area contributed by atoms with E-state index >= 15 is 0 Å². The van der Waals surface area contributed by atoms with Crippen LogP contribution in [0.2, 0.25) is 0 Å². The minimum atomic E-state index is -3.78. The van der Waals surface area contributed by atoms with Gasteiger partial charge in [-0.2, -0.15) is 4.31 Å². The summed E-state index contributed by atoms with van der Waals surface area (Å²) in [5.41, 5.74) is -0.507. The minimum absolute atomic E-state index is 0.0282. The number of hydrogen-bond donors (Lipinski definition) is 1. The number of aromatic amines is 1. The van der Waals surface area contributed by atoms with Crippen molar-refractivity contribution in [2.45, 2.75) is 23.7 Å². The quantitative estimate of drug-likeness (QED) is 0.668. The van der Waals surface area contributed by atoms with Gasteiger partial charge < -0.3 is 4.98 Å². The second-order valence-electron chi connectivity index (χ2n) is 7.18. The number of aromatic nitrogens is 4. The molecule has 0 aliphatic carbocycles. The van der Waals surface area contributed by atoms with E-state index in [-0.39, 0.29) is 28.5 Å². The molecule has 1 N–H and O–H groups in total. The fourth-order valence-electron chi connectivity index (χ4n) is 3.68. The van der Waals surface area contributed by atoms with Crippen LogP contribution < -0.4 is 11.2 Å². The normalized spacial score (nSPS) is 18.4. The van der Waals surface area contributed by atoms with E-state index in [0.29, 0.717) is 25.2 Å². The van der Waals surface area contributed by atoms with Gasteiger partial charge in [-0.3, -0.25) is 13.9 Å². The average Bonchev–Trinajstić information content (AvgIpc) is 3.17. The lowest BCUT2D eigenvalue weighted by atomic mass is 9.99. The number of nitrogens with one attached hydrogen (secondary N) is 1. The van der Waals surface area contributed by atoms with Crippen LogP contribution in [0, 0.1) is 5.82 Å². The summed E-state index contributed by atoms with van der Waals surface area (Å²) in [4.78, 5) is 31.9. The van der Waals surface area contributed by atoms with Crippen LogP contribution in [-0.4, -0.2) is 44.9 Å². The van der Waals surface area contributed by atoms with Crippen LogP contribution in [-0.2, 0) is 24.1 Å². The van der Waals surface area contributed by atoms with Crippen molar-refractivity contribution in [3.05, 3.63) is 56.7 Å². The number of H-pyrrole nitrogens is 1. The number of sulfonamides is 1. The maximum Gasteiger partial charge on any atom is 0.332 e. The highest BCUT2D eigenvalue weighted by atomic mass is 32.2. The molecule has 0 amide bonds. The molecule has 3 aromatic rings. The number of imidazole rings is 1. The second kappa shape index (κ2) is 6.92. The Balaban J connectivity index is 1.69. The lowest BCUT2D eigenvalue weighted by Crippen LogP contribution is -2.39. The number of fused-ring (bicyclic) bond motifs is 1. The molecule has 1 fully saturated rings. The molecule has 1 aromatic carbocycles. The molecule has 11 heteroatoms. The summed E-state index contributed by atoms with van der Waals surface area (Å²) >= 11 is 0. The first-order valence-corrected chi connectivity index (χ1v) is 10.6. The van der Waals surface area contributed by atoms with Gasteiger partial charge in [0.1, 0.15) is 17.2 Å². The molecule has 29 heavy (non-hydrogen) atoms. The number of halogens is 1. The monoisotopic (exact) mass is 421 g/mol. The molecular weight excluding hydrogens is 401 g/mol. The van der Waals surface area contributed by atoms with E-state index in [9.17, 15) is 22.4 Å². The number of aryl methyl sites for hydroxylation is 1. The molecule has 1 saturated heterocycles. The lowest BCUT2D eigenvalue weighted by Gasteiger charge is -2.31. The van der Waals surface area contributed by atoms with Crippen LogP contribution in [0.5, 0.6) is 0 Å². The van der Waals surface area contributed by atoms with Crippen molar-refractivity contribution in [1.82, 2.24) is 23.4 Å². The fourth-order valence-corrected chi connectivity index (χ4v) is 5.20. The highest BCUT2D eigenvalue weighted by Gasteiger charge is 2.32. The summed E-state index contributed by atoms with van der Waals surface area (Å²) in [6, 6.07) is 4.72. The summed E-state index contributed by atoms with van der Waals surface area (Å²) in [7, 11) is -0.856. The second-order valence-corrected chi connectivity index (χ2v) is 9.12. The predicted molar refractivity (Wildman–Crippen MR) is 104 cm³/mol. The highest BCUT2D eigenvalue weighted by Crippen LogP contribution is 2.29. The van der Waals surface area contributed by atoms with E-state index in [1.165, 1.54) is 35.1 Å². The van der Waals surface area contributed by atoms with Gasteiger partial charge in [-0.1, -0.05) is 0 Å². The Labute approximate surface area is 165 Å². The summed E-state index contributed by atoms with van der Waals surface area (Å²) in [5, 5.41) is 0. The van der Waals surface area contributed by atoms with Crippen molar-refractivity contribution in [3.8, 4) is 0 Å². The molecule has 4 rings (SSSR count). The van der Waals surface area contributed by atoms with Gasteiger partial charge in [0.15, 0.2) is 5.65 Å². The Morgan fingerprint density at radius 1 is 1.14 bits per heavy atom. The van der Waals surface area contributed by atoms with Crippen LogP contribution in [0.1, 0.15) is 24.6 Å². The molecule has 1 unspecified atom stereocenters. The third-order valence-electron chi connectivity index (χ3n) is 5.34. The standard InChI is InChI=1S/C18H20FN5O4S/c1-22-16-14(17(25)23(2)18(22)26)20-15(21-16)11-4-3-9-24(10-11)29(27,28)13-7-5-12(19)6-8-13/h5-8,11H,3-4,9-10H2,1-2H3,(H,20,21). The number of rotatable bonds is 3. The molecule has 0 saturated carbocycles. The van der Waals surface area contributed by atoms with E-state index in [4.69, 9.17) is 0 Å². The van der Waals surface area contributed by atoms with Gasteiger partial charge in [0.2, 0.25) is 10.0 Å². The first-order valence-electron chi connectivity index (χ1n) is 9.11. The minimum Gasteiger partial charge on any atom is -0.336 e. The number of hydrogen-bond acceptors (Lipinski definition) is 5. The van der Waals surface area contributed by atoms with Gasteiger partial charge in [0, 0.05) is 33.1 Å². The van der Waals surface area contributed by atoms with E-state index < -0.39 is 27.1 Å². The SMILES string of the molecule is Cn1c(=O)c2[nH]c(C3CCCN(S(=O)(=O)c4ccc(F)cc4)C3)nc2n(C)c1=O. The van der Waals surface area contributed by atoms with E-state index in [1.807, 2.05) is 0 Å². The van der Waals surface area contributed by atoms with E-state index in [1.54, 1.807) is 0 Å². The number of piperidine rings is 1. The third kappa shape index (κ3) is 3.19. The molecule has 154 valence electrons. The van der Waals surface area contributed by atoms with Crippen LogP contribution in [0.25, 0.3) is 11.2 Å². The Morgan fingerprint density at radius 2 is 1.83 bits per heavy atom. The Morgan fingerprint density at radius 3 is 2.52 bits per heavy atom. The van der Waals surface area contributed by atoms with Crippen molar-refractivity contribution < 1.29 is 12.8 Å². The zero-order valence-electron chi connectivity index (χ0n) is 15.9. The molecular formula is C18H20FN5O4S. The maximum absolute atomic E-state index is 13.2. The molecule has 0 spiro atoms. The molecule has 1 aliphatic rings. The summed E-state index contributed by atoms with van der Waals surface area (Å²) in [5.74, 6) is -0.293. The van der Waals surface area contributed by atoms with Gasteiger partial charge in [0.05, 0.1) is 4.90 Å². The summed E-state index contributed by atoms with van der Waals surface area (Å²) in [6.45, 7) is 0.518. The largest absolute Gasteiger partial charge is 0.336 e. The van der Waals surface area contributed by atoms with Crippen molar-refractivity contribution in [2.24, 2.45) is 14.1 Å². The lowest BCUT2D eigenvalue weighted by molar-refractivity contribution is 0.310. The zero-order valence-corrected chi connectivity index (χ0v) is 16.7. The Kier molecular flexibility index (Phi) is 4.66. The van der Waals surface area contributed by atoms with Crippen LogP contribution in [0.3, 0.4) is 0 Å². The van der Waals surface area contributed by atoms with Gasteiger partial charge in [0.25, 0.3) is 5.56 Å². The van der Waals surface area contributed by atoms with Crippen LogP contribution >= 0.6 is 0 Å². The third-order valence-corrected chi connectivity index (χ3v) is 7.21. The molecule has 3 heterocycles. The van der Waals surface area contributed by atoms with Crippen LogP contribution in [0.4, 0.5) is 4.39 Å². The molecule has 0 radical (unpaired) electrons. The highest BCUT2D eigenvalue weighted by molar-refractivity contribution is 7.89. The summed E-state index contributed by atoms with van der Waals surface area (Å²) < 4.78 is 42.6. The Bertz CT molecular complexity index is 1310. The molecule has 1 atom stereocenters.